The summed E-state index contributed by atoms with van der Waals surface area (Å²) in [6.07, 6.45) is -4.09. The Bertz CT molecular complexity index is 975. The van der Waals surface area contributed by atoms with E-state index in [0.29, 0.717) is 6.07 Å². The van der Waals surface area contributed by atoms with E-state index in [1.165, 1.54) is 0 Å². The third-order valence-electron chi connectivity index (χ3n) is 5.00. The maximum absolute atomic E-state index is 14.4. The molecule has 0 unspecified atom stereocenters. The van der Waals surface area contributed by atoms with Crippen LogP contribution < -0.4 is 0 Å². The van der Waals surface area contributed by atoms with Gasteiger partial charge in [-0.3, -0.25) is 10.1 Å². The predicted molar refractivity (Wildman–Crippen MR) is 101 cm³/mol. The van der Waals surface area contributed by atoms with Gasteiger partial charge in [0.2, 0.25) is 11.6 Å². The summed E-state index contributed by atoms with van der Waals surface area (Å²) in [6.45, 7) is 9.42. The lowest BCUT2D eigenvalue weighted by Crippen LogP contribution is -2.40. The van der Waals surface area contributed by atoms with Crippen LogP contribution in [-0.2, 0) is 17.2 Å². The van der Waals surface area contributed by atoms with Crippen LogP contribution in [0.25, 0.3) is 11.3 Å². The van der Waals surface area contributed by atoms with Crippen LogP contribution in [0.3, 0.4) is 0 Å². The SMILES string of the molecule is CC(C)(C)[Si](C)(C)OCc1cnc(C(F)(F)F)nc1-c1cc([N+](=O)[O-])c(F)cc1F. The Kier molecular flexibility index (Phi) is 6.34. The van der Waals surface area contributed by atoms with Crippen molar-refractivity contribution in [2.24, 2.45) is 0 Å². The minimum Gasteiger partial charge on any atom is -0.412 e. The van der Waals surface area contributed by atoms with E-state index in [-0.39, 0.29) is 23.3 Å². The Morgan fingerprint density at radius 1 is 1.13 bits per heavy atom. The van der Waals surface area contributed by atoms with Gasteiger partial charge in [0.25, 0.3) is 0 Å². The third-order valence-corrected chi connectivity index (χ3v) is 9.48. The number of nitro benzene ring substituents is 1. The topological polar surface area (TPSA) is 78.2 Å². The first-order valence-electron chi connectivity index (χ1n) is 8.75. The first kappa shape index (κ1) is 23.8. The van der Waals surface area contributed by atoms with Crippen molar-refractivity contribution in [2.45, 2.75) is 51.7 Å². The highest BCUT2D eigenvalue weighted by Crippen LogP contribution is 2.38. The van der Waals surface area contributed by atoms with Crippen molar-refractivity contribution in [3.63, 3.8) is 0 Å². The van der Waals surface area contributed by atoms with E-state index < -0.39 is 53.8 Å². The number of hydrogen-bond acceptors (Lipinski definition) is 5. The first-order chi connectivity index (χ1) is 13.5. The second-order valence-corrected chi connectivity index (χ2v) is 13.0. The fourth-order valence-electron chi connectivity index (χ4n) is 2.22. The summed E-state index contributed by atoms with van der Waals surface area (Å²) in [5.74, 6) is -4.30. The highest BCUT2D eigenvalue weighted by atomic mass is 28.4. The first-order valence-corrected chi connectivity index (χ1v) is 11.7. The van der Waals surface area contributed by atoms with Crippen molar-refractivity contribution < 1.29 is 31.3 Å². The monoisotopic (exact) mass is 449 g/mol. The van der Waals surface area contributed by atoms with Crippen LogP contribution in [0.2, 0.25) is 18.1 Å². The molecular weight excluding hydrogens is 429 g/mol. The minimum absolute atomic E-state index is 0.00682. The zero-order valence-electron chi connectivity index (χ0n) is 16.9. The summed E-state index contributed by atoms with van der Waals surface area (Å²) in [5, 5.41) is 10.8. The van der Waals surface area contributed by atoms with Crippen molar-refractivity contribution in [3.8, 4) is 11.3 Å². The van der Waals surface area contributed by atoms with E-state index in [1.807, 2.05) is 33.9 Å². The van der Waals surface area contributed by atoms with Gasteiger partial charge in [-0.2, -0.15) is 17.6 Å². The number of benzene rings is 1. The smallest absolute Gasteiger partial charge is 0.412 e. The van der Waals surface area contributed by atoms with Crippen LogP contribution >= 0.6 is 0 Å². The summed E-state index contributed by atoms with van der Waals surface area (Å²) in [6, 6.07) is 0.754. The molecule has 6 nitrogen and oxygen atoms in total. The molecule has 0 spiro atoms. The molecule has 0 radical (unpaired) electrons. The Morgan fingerprint density at radius 3 is 2.23 bits per heavy atom. The van der Waals surface area contributed by atoms with Gasteiger partial charge in [0.05, 0.1) is 17.2 Å². The van der Waals surface area contributed by atoms with E-state index in [2.05, 4.69) is 9.97 Å². The maximum Gasteiger partial charge on any atom is 0.451 e. The quantitative estimate of drug-likeness (QED) is 0.247. The average molecular weight is 449 g/mol. The molecule has 2 rings (SSSR count). The van der Waals surface area contributed by atoms with Crippen LogP contribution in [0.1, 0.15) is 32.2 Å². The molecule has 0 N–H and O–H groups in total. The molecule has 0 atom stereocenters. The lowest BCUT2D eigenvalue weighted by molar-refractivity contribution is -0.387. The summed E-state index contributed by atoms with van der Waals surface area (Å²) < 4.78 is 73.4. The number of halogens is 5. The molecule has 0 saturated carbocycles. The Morgan fingerprint density at radius 2 is 1.73 bits per heavy atom. The number of nitro groups is 1. The van der Waals surface area contributed by atoms with Gasteiger partial charge in [-0.25, -0.2) is 14.4 Å². The number of alkyl halides is 3. The molecule has 0 aliphatic carbocycles. The van der Waals surface area contributed by atoms with Gasteiger partial charge in [0, 0.05) is 29.5 Å². The van der Waals surface area contributed by atoms with E-state index in [0.717, 1.165) is 6.20 Å². The molecule has 0 aliphatic rings. The normalized spacial score (nSPS) is 12.9. The van der Waals surface area contributed by atoms with Crippen LogP contribution in [0.5, 0.6) is 0 Å². The Balaban J connectivity index is 2.64. The van der Waals surface area contributed by atoms with E-state index >= 15 is 0 Å². The average Bonchev–Trinajstić information content (AvgIpc) is 2.58. The van der Waals surface area contributed by atoms with Gasteiger partial charge >= 0.3 is 11.9 Å². The molecule has 0 bridgehead atoms. The molecule has 1 heterocycles. The molecule has 30 heavy (non-hydrogen) atoms. The van der Waals surface area contributed by atoms with Crippen LogP contribution in [0.4, 0.5) is 27.6 Å². The van der Waals surface area contributed by atoms with Crippen LogP contribution in [0.15, 0.2) is 18.3 Å². The summed E-state index contributed by atoms with van der Waals surface area (Å²) in [4.78, 5) is 16.6. The van der Waals surface area contributed by atoms with Crippen molar-refractivity contribution in [2.75, 3.05) is 0 Å². The molecule has 164 valence electrons. The van der Waals surface area contributed by atoms with E-state index in [4.69, 9.17) is 4.43 Å². The van der Waals surface area contributed by atoms with Gasteiger partial charge in [-0.05, 0) is 18.1 Å². The highest BCUT2D eigenvalue weighted by Gasteiger charge is 2.38. The summed E-state index contributed by atoms with van der Waals surface area (Å²) in [7, 11) is -2.35. The highest BCUT2D eigenvalue weighted by molar-refractivity contribution is 6.74. The largest absolute Gasteiger partial charge is 0.451 e. The fourth-order valence-corrected chi connectivity index (χ4v) is 3.17. The Labute approximate surface area is 170 Å². The number of nitrogens with zero attached hydrogens (tertiary/aromatic N) is 3. The van der Waals surface area contributed by atoms with Crippen molar-refractivity contribution in [3.05, 3.63) is 51.5 Å². The number of rotatable bonds is 5. The van der Waals surface area contributed by atoms with Crippen molar-refractivity contribution in [1.29, 1.82) is 0 Å². The van der Waals surface area contributed by atoms with Gasteiger partial charge in [0.15, 0.2) is 8.32 Å². The summed E-state index contributed by atoms with van der Waals surface area (Å²) >= 11 is 0. The number of hydrogen-bond donors (Lipinski definition) is 0. The maximum atomic E-state index is 14.4. The second kappa shape index (κ2) is 7.98. The molecule has 0 aliphatic heterocycles. The number of aromatic nitrogens is 2. The third kappa shape index (κ3) is 4.98. The zero-order chi connectivity index (χ0) is 23.1. The standard InChI is InChI=1S/C18H20F5N3O3Si/c1-17(2,3)30(4,5)29-9-10-8-24-16(18(21,22)23)25-15(10)11-6-14(26(27)28)13(20)7-12(11)19/h6-8H,9H2,1-5H3. The molecule has 2 aromatic rings. The summed E-state index contributed by atoms with van der Waals surface area (Å²) in [5.41, 5.74) is -2.29. The minimum atomic E-state index is -4.93. The van der Waals surface area contributed by atoms with E-state index in [1.54, 1.807) is 0 Å². The van der Waals surface area contributed by atoms with E-state index in [9.17, 15) is 32.1 Å². The van der Waals surface area contributed by atoms with Crippen LogP contribution in [0, 0.1) is 21.7 Å². The Hall–Kier alpha value is -2.47. The molecule has 12 heteroatoms. The molecular formula is C18H20F5N3O3Si. The van der Waals surface area contributed by atoms with Gasteiger partial charge in [-0.15, -0.1) is 0 Å². The molecule has 0 fully saturated rings. The molecule has 1 aromatic heterocycles. The van der Waals surface area contributed by atoms with Crippen molar-refractivity contribution in [1.82, 2.24) is 9.97 Å². The van der Waals surface area contributed by atoms with Crippen molar-refractivity contribution >= 4 is 14.0 Å². The van der Waals surface area contributed by atoms with Gasteiger partial charge in [0.1, 0.15) is 5.82 Å². The molecule has 1 aromatic carbocycles. The van der Waals surface area contributed by atoms with Crippen LogP contribution in [-0.4, -0.2) is 23.2 Å². The zero-order valence-corrected chi connectivity index (χ0v) is 17.9. The fraction of sp³-hybridized carbons (Fsp3) is 0.444. The lowest BCUT2D eigenvalue weighted by Gasteiger charge is -2.36. The van der Waals surface area contributed by atoms with Gasteiger partial charge in [-0.1, -0.05) is 20.8 Å². The predicted octanol–water partition coefficient (Wildman–Crippen LogP) is 5.87. The van der Waals surface area contributed by atoms with Gasteiger partial charge < -0.3 is 4.43 Å². The molecule has 0 saturated heterocycles. The molecule has 0 amide bonds. The second-order valence-electron chi connectivity index (χ2n) is 8.15. The lowest BCUT2D eigenvalue weighted by atomic mass is 10.1.